The van der Waals surface area contributed by atoms with Crippen molar-refractivity contribution in [2.75, 3.05) is 11.6 Å². The Hall–Kier alpha value is -1.94. The van der Waals surface area contributed by atoms with Gasteiger partial charge in [0.15, 0.2) is 6.10 Å². The van der Waals surface area contributed by atoms with Gasteiger partial charge in [0.05, 0.1) is 5.69 Å². The zero-order chi connectivity index (χ0) is 17.6. The standard InChI is InChI=1S/C21H25NO2S/c1-3-19(21(23)22-18-10-6-7-11-20(18)25-2)24-17-13-12-15-8-4-5-9-16(15)14-17/h6-7,10-14,19H,3-5,8-9H2,1-2H3,(H,22,23)/t19-/m0/s1. The van der Waals surface area contributed by atoms with Crippen molar-refractivity contribution in [3.05, 3.63) is 53.6 Å². The summed E-state index contributed by atoms with van der Waals surface area (Å²) in [5.74, 6) is 0.697. The molecule has 1 N–H and O–H groups in total. The topological polar surface area (TPSA) is 38.3 Å². The number of ether oxygens (including phenoxy) is 1. The Kier molecular flexibility index (Phi) is 6.03. The molecule has 3 rings (SSSR count). The monoisotopic (exact) mass is 355 g/mol. The molecular weight excluding hydrogens is 330 g/mol. The van der Waals surface area contributed by atoms with Crippen molar-refractivity contribution >= 4 is 23.4 Å². The lowest BCUT2D eigenvalue weighted by atomic mass is 9.92. The fourth-order valence-corrected chi connectivity index (χ4v) is 3.78. The molecule has 3 nitrogen and oxygen atoms in total. The number of anilines is 1. The van der Waals surface area contributed by atoms with Crippen molar-refractivity contribution in [2.24, 2.45) is 0 Å². The minimum Gasteiger partial charge on any atom is -0.481 e. The van der Waals surface area contributed by atoms with Crippen LogP contribution in [0, 0.1) is 0 Å². The highest BCUT2D eigenvalue weighted by Gasteiger charge is 2.20. The maximum atomic E-state index is 12.7. The fourth-order valence-electron chi connectivity index (χ4n) is 3.23. The number of aryl methyl sites for hydroxylation is 2. The van der Waals surface area contributed by atoms with Crippen LogP contribution in [0.4, 0.5) is 5.69 Å². The van der Waals surface area contributed by atoms with Crippen LogP contribution in [-0.4, -0.2) is 18.3 Å². The average Bonchev–Trinajstić information content (AvgIpc) is 2.66. The number of nitrogens with one attached hydrogen (secondary N) is 1. The molecule has 1 aliphatic carbocycles. The van der Waals surface area contributed by atoms with Crippen molar-refractivity contribution in [1.29, 1.82) is 0 Å². The van der Waals surface area contributed by atoms with Gasteiger partial charge in [-0.3, -0.25) is 4.79 Å². The summed E-state index contributed by atoms with van der Waals surface area (Å²) in [7, 11) is 0. The van der Waals surface area contributed by atoms with Gasteiger partial charge in [0.2, 0.25) is 0 Å². The van der Waals surface area contributed by atoms with Crippen molar-refractivity contribution in [2.45, 2.75) is 50.0 Å². The molecule has 0 heterocycles. The van der Waals surface area contributed by atoms with Gasteiger partial charge in [-0.2, -0.15) is 0 Å². The molecule has 0 aliphatic heterocycles. The summed E-state index contributed by atoms with van der Waals surface area (Å²) in [4.78, 5) is 13.7. The molecule has 0 bridgehead atoms. The molecular formula is C21H25NO2S. The quantitative estimate of drug-likeness (QED) is 0.734. The maximum absolute atomic E-state index is 12.7. The van der Waals surface area contributed by atoms with E-state index in [0.29, 0.717) is 6.42 Å². The van der Waals surface area contributed by atoms with E-state index in [4.69, 9.17) is 4.74 Å². The van der Waals surface area contributed by atoms with Crippen LogP contribution in [0.2, 0.25) is 0 Å². The minimum absolute atomic E-state index is 0.0956. The maximum Gasteiger partial charge on any atom is 0.265 e. The van der Waals surface area contributed by atoms with Crippen LogP contribution < -0.4 is 10.1 Å². The Labute approximate surface area is 154 Å². The van der Waals surface area contributed by atoms with E-state index >= 15 is 0 Å². The lowest BCUT2D eigenvalue weighted by Crippen LogP contribution is -2.32. The van der Waals surface area contributed by atoms with E-state index in [-0.39, 0.29) is 5.91 Å². The number of benzene rings is 2. The molecule has 2 aromatic carbocycles. The summed E-state index contributed by atoms with van der Waals surface area (Å²) in [6, 6.07) is 14.1. The van der Waals surface area contributed by atoms with Gasteiger partial charge in [-0.15, -0.1) is 11.8 Å². The number of thioether (sulfide) groups is 1. The molecule has 4 heteroatoms. The van der Waals surface area contributed by atoms with Gasteiger partial charge < -0.3 is 10.1 Å². The van der Waals surface area contributed by atoms with Crippen LogP contribution in [-0.2, 0) is 17.6 Å². The molecule has 1 atom stereocenters. The number of carbonyl (C=O) groups is 1. The van der Waals surface area contributed by atoms with E-state index in [1.165, 1.54) is 24.0 Å². The zero-order valence-electron chi connectivity index (χ0n) is 14.9. The first-order valence-electron chi connectivity index (χ1n) is 8.93. The van der Waals surface area contributed by atoms with E-state index in [2.05, 4.69) is 17.4 Å². The fraction of sp³-hybridized carbons (Fsp3) is 0.381. The van der Waals surface area contributed by atoms with Gasteiger partial charge in [-0.1, -0.05) is 25.1 Å². The summed E-state index contributed by atoms with van der Waals surface area (Å²) in [5, 5.41) is 3.01. The van der Waals surface area contributed by atoms with Crippen LogP contribution in [0.1, 0.15) is 37.3 Å². The van der Waals surface area contributed by atoms with Crippen molar-refractivity contribution in [3.63, 3.8) is 0 Å². The third kappa shape index (κ3) is 4.37. The van der Waals surface area contributed by atoms with Gasteiger partial charge >= 0.3 is 0 Å². The first-order valence-corrected chi connectivity index (χ1v) is 10.2. The molecule has 0 saturated carbocycles. The summed E-state index contributed by atoms with van der Waals surface area (Å²) in [6.45, 7) is 1.98. The average molecular weight is 356 g/mol. The van der Waals surface area contributed by atoms with Gasteiger partial charge in [-0.25, -0.2) is 0 Å². The molecule has 0 radical (unpaired) electrons. The van der Waals surface area contributed by atoms with Gasteiger partial charge in [0.25, 0.3) is 5.91 Å². The second kappa shape index (κ2) is 8.43. The third-order valence-corrected chi connectivity index (χ3v) is 5.42. The van der Waals surface area contributed by atoms with E-state index in [1.54, 1.807) is 11.8 Å². The molecule has 25 heavy (non-hydrogen) atoms. The zero-order valence-corrected chi connectivity index (χ0v) is 15.7. The summed E-state index contributed by atoms with van der Waals surface area (Å²) in [6.07, 6.45) is 6.91. The van der Waals surface area contributed by atoms with E-state index in [9.17, 15) is 4.79 Å². The normalized spacial score (nSPS) is 14.5. The van der Waals surface area contributed by atoms with Crippen LogP contribution in [0.3, 0.4) is 0 Å². The second-order valence-electron chi connectivity index (χ2n) is 6.34. The summed E-state index contributed by atoms with van der Waals surface area (Å²) in [5.41, 5.74) is 3.63. The Morgan fingerprint density at radius 3 is 2.68 bits per heavy atom. The number of amides is 1. The Bertz CT molecular complexity index is 744. The Balaban J connectivity index is 1.70. The van der Waals surface area contributed by atoms with Gasteiger partial charge in [0, 0.05) is 4.90 Å². The largest absolute Gasteiger partial charge is 0.481 e. The van der Waals surface area contributed by atoms with E-state index in [0.717, 1.165) is 29.2 Å². The smallest absolute Gasteiger partial charge is 0.265 e. The minimum atomic E-state index is -0.489. The number of para-hydroxylation sites is 1. The van der Waals surface area contributed by atoms with E-state index < -0.39 is 6.10 Å². The summed E-state index contributed by atoms with van der Waals surface area (Å²) < 4.78 is 6.02. The van der Waals surface area contributed by atoms with E-state index in [1.807, 2.05) is 43.5 Å². The van der Waals surface area contributed by atoms with Crippen LogP contribution in [0.25, 0.3) is 0 Å². The lowest BCUT2D eigenvalue weighted by molar-refractivity contribution is -0.122. The van der Waals surface area contributed by atoms with Crippen molar-refractivity contribution in [3.8, 4) is 5.75 Å². The summed E-state index contributed by atoms with van der Waals surface area (Å²) >= 11 is 1.62. The SMILES string of the molecule is CC[C@H](Oc1ccc2c(c1)CCCC2)C(=O)Nc1ccccc1SC. The van der Waals surface area contributed by atoms with Crippen LogP contribution in [0.15, 0.2) is 47.4 Å². The van der Waals surface area contributed by atoms with Crippen LogP contribution in [0.5, 0.6) is 5.75 Å². The highest BCUT2D eigenvalue weighted by molar-refractivity contribution is 7.98. The molecule has 0 saturated heterocycles. The number of hydrogen-bond acceptors (Lipinski definition) is 3. The first-order chi connectivity index (χ1) is 12.2. The molecule has 1 amide bonds. The second-order valence-corrected chi connectivity index (χ2v) is 7.19. The molecule has 2 aromatic rings. The first kappa shape index (κ1) is 17.9. The highest BCUT2D eigenvalue weighted by atomic mass is 32.2. The Morgan fingerprint density at radius 2 is 1.92 bits per heavy atom. The van der Waals surface area contributed by atoms with Gasteiger partial charge in [0.1, 0.15) is 5.75 Å². The molecule has 0 unspecified atom stereocenters. The third-order valence-electron chi connectivity index (χ3n) is 4.63. The number of rotatable bonds is 6. The van der Waals surface area contributed by atoms with Crippen molar-refractivity contribution in [1.82, 2.24) is 0 Å². The van der Waals surface area contributed by atoms with Crippen molar-refractivity contribution < 1.29 is 9.53 Å². The molecule has 0 fully saturated rings. The number of fused-ring (bicyclic) bond motifs is 1. The molecule has 132 valence electrons. The number of hydrogen-bond donors (Lipinski definition) is 1. The predicted octanol–water partition coefficient (Wildman–Crippen LogP) is 5.08. The van der Waals surface area contributed by atoms with Crippen LogP contribution >= 0.6 is 11.8 Å². The molecule has 0 aromatic heterocycles. The van der Waals surface area contributed by atoms with Gasteiger partial charge in [-0.05, 0) is 73.8 Å². The highest BCUT2D eigenvalue weighted by Crippen LogP contribution is 2.27. The Morgan fingerprint density at radius 1 is 1.16 bits per heavy atom. The molecule has 1 aliphatic rings. The lowest BCUT2D eigenvalue weighted by Gasteiger charge is -2.21. The predicted molar refractivity (Wildman–Crippen MR) is 105 cm³/mol. The molecule has 0 spiro atoms. The number of carbonyl (C=O) groups excluding carboxylic acids is 1.